The highest BCUT2D eigenvalue weighted by molar-refractivity contribution is 9.10. The number of halogens is 1. The molecular weight excluding hydrogens is 214 g/mol. The van der Waals surface area contributed by atoms with E-state index in [9.17, 15) is 0 Å². The molecule has 0 fully saturated rings. The molecule has 0 aliphatic heterocycles. The molecule has 2 rings (SSSR count). The Labute approximate surface area is 81.3 Å². The minimum atomic E-state index is 1.00. The fourth-order valence-corrected chi connectivity index (χ4v) is 2.41. The topological polar surface area (TPSA) is 12.9 Å². The van der Waals surface area contributed by atoms with E-state index in [0.29, 0.717) is 0 Å². The van der Waals surface area contributed by atoms with Gasteiger partial charge in [-0.05, 0) is 58.8 Å². The van der Waals surface area contributed by atoms with Crippen LogP contribution in [0.4, 0.5) is 0 Å². The maximum absolute atomic E-state index is 4.48. The number of rotatable bonds is 1. The van der Waals surface area contributed by atoms with Crippen LogP contribution in [-0.2, 0) is 19.3 Å². The highest BCUT2D eigenvalue weighted by Crippen LogP contribution is 2.26. The summed E-state index contributed by atoms with van der Waals surface area (Å²) in [7, 11) is 0. The molecular formula is C10H12BrN. The number of aromatic nitrogens is 1. The van der Waals surface area contributed by atoms with Crippen LogP contribution in [0.3, 0.4) is 0 Å². The van der Waals surface area contributed by atoms with Crippen molar-refractivity contribution in [3.8, 4) is 0 Å². The fourth-order valence-electron chi connectivity index (χ4n) is 1.92. The Hall–Kier alpha value is -0.370. The molecule has 0 saturated heterocycles. The standard InChI is InChI=1S/C10H12BrN/c1-2-9-8-5-3-4-7(8)6-10(11)12-9/h6H,2-5H2,1H3. The lowest BCUT2D eigenvalue weighted by Crippen LogP contribution is -1.96. The van der Waals surface area contributed by atoms with Crippen molar-refractivity contribution in [1.29, 1.82) is 0 Å². The van der Waals surface area contributed by atoms with E-state index in [1.54, 1.807) is 0 Å². The Balaban J connectivity index is 2.55. The third kappa shape index (κ3) is 1.28. The lowest BCUT2D eigenvalue weighted by Gasteiger charge is -2.05. The zero-order valence-corrected chi connectivity index (χ0v) is 8.82. The second kappa shape index (κ2) is 3.17. The molecule has 1 heterocycles. The second-order valence-electron chi connectivity index (χ2n) is 3.24. The van der Waals surface area contributed by atoms with Gasteiger partial charge in [-0.2, -0.15) is 0 Å². The lowest BCUT2D eigenvalue weighted by atomic mass is 10.1. The van der Waals surface area contributed by atoms with Crippen molar-refractivity contribution in [3.05, 3.63) is 27.5 Å². The molecule has 12 heavy (non-hydrogen) atoms. The summed E-state index contributed by atoms with van der Waals surface area (Å²) in [6.45, 7) is 2.17. The van der Waals surface area contributed by atoms with E-state index in [1.807, 2.05) is 0 Å². The normalized spacial score (nSPS) is 14.8. The second-order valence-corrected chi connectivity index (χ2v) is 4.05. The highest BCUT2D eigenvalue weighted by Gasteiger charge is 2.15. The Bertz CT molecular complexity index is 307. The first-order valence-corrected chi connectivity index (χ1v) is 5.27. The minimum Gasteiger partial charge on any atom is -0.246 e. The average molecular weight is 226 g/mol. The van der Waals surface area contributed by atoms with Gasteiger partial charge in [-0.15, -0.1) is 0 Å². The van der Waals surface area contributed by atoms with E-state index >= 15 is 0 Å². The third-order valence-corrected chi connectivity index (χ3v) is 2.89. The summed E-state index contributed by atoms with van der Waals surface area (Å²) in [6.07, 6.45) is 4.84. The zero-order chi connectivity index (χ0) is 8.55. The predicted molar refractivity (Wildman–Crippen MR) is 53.3 cm³/mol. The monoisotopic (exact) mass is 225 g/mol. The molecule has 1 nitrogen and oxygen atoms in total. The van der Waals surface area contributed by atoms with Crippen LogP contribution < -0.4 is 0 Å². The molecule has 2 heteroatoms. The molecule has 64 valence electrons. The van der Waals surface area contributed by atoms with Gasteiger partial charge in [0.2, 0.25) is 0 Å². The Morgan fingerprint density at radius 1 is 1.50 bits per heavy atom. The van der Waals surface area contributed by atoms with Crippen LogP contribution in [0.2, 0.25) is 0 Å². The van der Waals surface area contributed by atoms with Crippen molar-refractivity contribution in [1.82, 2.24) is 4.98 Å². The van der Waals surface area contributed by atoms with Gasteiger partial charge in [0.1, 0.15) is 4.60 Å². The number of hydrogen-bond acceptors (Lipinski definition) is 1. The quantitative estimate of drug-likeness (QED) is 0.671. The third-order valence-electron chi connectivity index (χ3n) is 2.48. The lowest BCUT2D eigenvalue weighted by molar-refractivity contribution is 0.898. The zero-order valence-electron chi connectivity index (χ0n) is 7.23. The molecule has 1 aromatic heterocycles. The van der Waals surface area contributed by atoms with Crippen molar-refractivity contribution in [2.75, 3.05) is 0 Å². The Morgan fingerprint density at radius 2 is 2.33 bits per heavy atom. The molecule has 0 saturated carbocycles. The van der Waals surface area contributed by atoms with Gasteiger partial charge in [-0.3, -0.25) is 0 Å². The van der Waals surface area contributed by atoms with Crippen molar-refractivity contribution in [3.63, 3.8) is 0 Å². The van der Waals surface area contributed by atoms with Crippen molar-refractivity contribution in [2.45, 2.75) is 32.6 Å². The smallest absolute Gasteiger partial charge is 0.106 e. The van der Waals surface area contributed by atoms with Crippen LogP contribution in [0, 0.1) is 0 Å². The molecule has 0 N–H and O–H groups in total. The first-order chi connectivity index (χ1) is 5.81. The largest absolute Gasteiger partial charge is 0.246 e. The molecule has 1 aromatic rings. The predicted octanol–water partition coefficient (Wildman–Crippen LogP) is 2.90. The molecule has 0 atom stereocenters. The summed E-state index contributed by atoms with van der Waals surface area (Å²) in [5.41, 5.74) is 4.31. The first-order valence-electron chi connectivity index (χ1n) is 4.48. The van der Waals surface area contributed by atoms with E-state index in [-0.39, 0.29) is 0 Å². The fraction of sp³-hybridized carbons (Fsp3) is 0.500. The van der Waals surface area contributed by atoms with Gasteiger partial charge < -0.3 is 0 Å². The van der Waals surface area contributed by atoms with Gasteiger partial charge in [-0.25, -0.2) is 4.98 Å². The Morgan fingerprint density at radius 3 is 3.08 bits per heavy atom. The summed E-state index contributed by atoms with van der Waals surface area (Å²) < 4.78 is 1.00. The molecule has 1 aliphatic rings. The van der Waals surface area contributed by atoms with Crippen molar-refractivity contribution >= 4 is 15.9 Å². The Kier molecular flexibility index (Phi) is 2.18. The van der Waals surface area contributed by atoms with E-state index in [4.69, 9.17) is 0 Å². The molecule has 0 radical (unpaired) electrons. The molecule has 1 aliphatic carbocycles. The van der Waals surface area contributed by atoms with Crippen LogP contribution >= 0.6 is 15.9 Å². The number of fused-ring (bicyclic) bond motifs is 1. The van der Waals surface area contributed by atoms with Gasteiger partial charge in [-0.1, -0.05) is 6.92 Å². The van der Waals surface area contributed by atoms with E-state index in [0.717, 1.165) is 11.0 Å². The van der Waals surface area contributed by atoms with E-state index in [2.05, 4.69) is 33.9 Å². The number of nitrogens with zero attached hydrogens (tertiary/aromatic N) is 1. The van der Waals surface area contributed by atoms with Crippen LogP contribution in [0.5, 0.6) is 0 Å². The van der Waals surface area contributed by atoms with Crippen LogP contribution in [0.25, 0.3) is 0 Å². The maximum atomic E-state index is 4.48. The summed E-state index contributed by atoms with van der Waals surface area (Å²) in [4.78, 5) is 4.48. The van der Waals surface area contributed by atoms with Crippen LogP contribution in [0.15, 0.2) is 10.7 Å². The minimum absolute atomic E-state index is 1.00. The molecule has 0 unspecified atom stereocenters. The van der Waals surface area contributed by atoms with Crippen molar-refractivity contribution < 1.29 is 0 Å². The van der Waals surface area contributed by atoms with Crippen LogP contribution in [-0.4, -0.2) is 4.98 Å². The summed E-state index contributed by atoms with van der Waals surface area (Å²) in [5.74, 6) is 0. The summed E-state index contributed by atoms with van der Waals surface area (Å²) >= 11 is 3.45. The highest BCUT2D eigenvalue weighted by atomic mass is 79.9. The van der Waals surface area contributed by atoms with Gasteiger partial charge in [0.25, 0.3) is 0 Å². The SMILES string of the molecule is CCc1nc(Br)cc2c1CCC2. The first kappa shape index (κ1) is 8.24. The molecule has 0 aromatic carbocycles. The van der Waals surface area contributed by atoms with E-state index < -0.39 is 0 Å². The number of pyridine rings is 1. The van der Waals surface area contributed by atoms with E-state index in [1.165, 1.54) is 36.1 Å². The van der Waals surface area contributed by atoms with Gasteiger partial charge in [0, 0.05) is 5.69 Å². The molecule has 0 amide bonds. The number of hydrogen-bond donors (Lipinski definition) is 0. The summed E-state index contributed by atoms with van der Waals surface area (Å²) in [5, 5.41) is 0. The van der Waals surface area contributed by atoms with Gasteiger partial charge in [0.05, 0.1) is 0 Å². The van der Waals surface area contributed by atoms with Crippen molar-refractivity contribution in [2.24, 2.45) is 0 Å². The van der Waals surface area contributed by atoms with Gasteiger partial charge >= 0.3 is 0 Å². The molecule has 0 spiro atoms. The average Bonchev–Trinajstić information content (AvgIpc) is 2.50. The number of aryl methyl sites for hydroxylation is 2. The summed E-state index contributed by atoms with van der Waals surface area (Å²) in [6, 6.07) is 2.17. The van der Waals surface area contributed by atoms with Gasteiger partial charge in [0.15, 0.2) is 0 Å². The maximum Gasteiger partial charge on any atom is 0.106 e. The molecule has 0 bridgehead atoms. The van der Waals surface area contributed by atoms with Crippen LogP contribution in [0.1, 0.15) is 30.2 Å².